The summed E-state index contributed by atoms with van der Waals surface area (Å²) in [5.74, 6) is -0.530. The minimum atomic E-state index is -0.530. The van der Waals surface area contributed by atoms with Gasteiger partial charge in [-0.3, -0.25) is 10.1 Å². The number of ether oxygens (including phenoxy) is 2. The van der Waals surface area contributed by atoms with Crippen LogP contribution in [-0.4, -0.2) is 23.9 Å². The Balaban J connectivity index is 1.94. The highest BCUT2D eigenvalue weighted by molar-refractivity contribution is 5.51. The summed E-state index contributed by atoms with van der Waals surface area (Å²) in [7, 11) is 0. The topological polar surface area (TPSA) is 61.6 Å². The number of hydrogen-bond donors (Lipinski definition) is 0. The quantitative estimate of drug-likeness (QED) is 0.608. The van der Waals surface area contributed by atoms with Crippen molar-refractivity contribution in [2.24, 2.45) is 0 Å². The molecule has 5 heteroatoms. The minimum absolute atomic E-state index is 0.0987. The van der Waals surface area contributed by atoms with Crippen molar-refractivity contribution in [2.45, 2.75) is 19.1 Å². The first-order valence-corrected chi connectivity index (χ1v) is 5.78. The zero-order valence-electron chi connectivity index (χ0n) is 10.2. The second-order valence-electron chi connectivity index (χ2n) is 4.29. The number of hydrogen-bond acceptors (Lipinski definition) is 4. The molecule has 1 fully saturated rings. The largest absolute Gasteiger partial charge is 0.348 e. The van der Waals surface area contributed by atoms with Crippen molar-refractivity contribution in [1.29, 1.82) is 0 Å². The van der Waals surface area contributed by atoms with Crippen molar-refractivity contribution in [3.8, 4) is 0 Å². The number of rotatable bonds is 4. The van der Waals surface area contributed by atoms with Crippen LogP contribution in [0.4, 0.5) is 5.69 Å². The maximum Gasteiger partial charge on any atom is 0.269 e. The Labute approximate surface area is 105 Å². The molecule has 1 aliphatic heterocycles. The van der Waals surface area contributed by atoms with Gasteiger partial charge in [-0.2, -0.15) is 0 Å². The smallest absolute Gasteiger partial charge is 0.269 e. The van der Waals surface area contributed by atoms with Crippen LogP contribution in [0.25, 0.3) is 6.08 Å². The summed E-state index contributed by atoms with van der Waals surface area (Å²) in [6.45, 7) is 3.16. The molecule has 2 rings (SSSR count). The Morgan fingerprint density at radius 2 is 1.94 bits per heavy atom. The van der Waals surface area contributed by atoms with E-state index >= 15 is 0 Å². The van der Waals surface area contributed by atoms with Crippen molar-refractivity contribution in [2.75, 3.05) is 13.2 Å². The lowest BCUT2D eigenvalue weighted by atomic mass is 10.1. The van der Waals surface area contributed by atoms with Gasteiger partial charge >= 0.3 is 0 Å². The number of non-ortho nitro benzene ring substituents is 1. The van der Waals surface area contributed by atoms with Crippen LogP contribution in [0.2, 0.25) is 0 Å². The second-order valence-corrected chi connectivity index (χ2v) is 4.29. The molecule has 18 heavy (non-hydrogen) atoms. The predicted octanol–water partition coefficient (Wildman–Crippen LogP) is 2.76. The molecule has 5 nitrogen and oxygen atoms in total. The molecule has 0 bridgehead atoms. The van der Waals surface area contributed by atoms with E-state index in [-0.39, 0.29) is 5.69 Å². The third-order valence-electron chi connectivity index (χ3n) is 2.80. The van der Waals surface area contributed by atoms with E-state index in [0.717, 1.165) is 5.56 Å². The highest BCUT2D eigenvalue weighted by atomic mass is 16.7. The van der Waals surface area contributed by atoms with E-state index in [0.29, 0.717) is 19.6 Å². The fourth-order valence-corrected chi connectivity index (χ4v) is 1.79. The molecular formula is C13H15NO4. The lowest BCUT2D eigenvalue weighted by Gasteiger charge is -2.19. The molecule has 0 atom stereocenters. The van der Waals surface area contributed by atoms with Gasteiger partial charge in [0.15, 0.2) is 5.79 Å². The van der Waals surface area contributed by atoms with Crippen LogP contribution in [0.3, 0.4) is 0 Å². The molecule has 0 N–H and O–H groups in total. The van der Waals surface area contributed by atoms with E-state index in [4.69, 9.17) is 9.47 Å². The highest BCUT2D eigenvalue weighted by Gasteiger charge is 2.29. The summed E-state index contributed by atoms with van der Waals surface area (Å²) in [6, 6.07) is 6.41. The third kappa shape index (κ3) is 3.15. The van der Waals surface area contributed by atoms with Gasteiger partial charge in [0.1, 0.15) is 0 Å². The van der Waals surface area contributed by atoms with Crippen molar-refractivity contribution < 1.29 is 14.4 Å². The summed E-state index contributed by atoms with van der Waals surface area (Å²) in [4.78, 5) is 10.1. The van der Waals surface area contributed by atoms with Gasteiger partial charge in [0.2, 0.25) is 0 Å². The fourth-order valence-electron chi connectivity index (χ4n) is 1.79. The Kier molecular flexibility index (Phi) is 3.74. The molecule has 96 valence electrons. The Morgan fingerprint density at radius 1 is 1.33 bits per heavy atom. The average Bonchev–Trinajstić information content (AvgIpc) is 2.77. The zero-order chi connectivity index (χ0) is 13.0. The van der Waals surface area contributed by atoms with Crippen LogP contribution in [0, 0.1) is 10.1 Å². The van der Waals surface area contributed by atoms with Gasteiger partial charge in [0, 0.05) is 18.6 Å². The highest BCUT2D eigenvalue weighted by Crippen LogP contribution is 2.23. The molecule has 1 aromatic rings. The SMILES string of the molecule is CC1(C/C=C/c2ccc([N+](=O)[O-])cc2)OCCO1. The number of nitro benzene ring substituents is 1. The molecule has 0 aliphatic carbocycles. The maximum atomic E-state index is 10.5. The van der Waals surface area contributed by atoms with E-state index in [1.54, 1.807) is 12.1 Å². The molecule has 1 aliphatic rings. The van der Waals surface area contributed by atoms with Gasteiger partial charge in [0.05, 0.1) is 18.1 Å². The first-order chi connectivity index (χ1) is 8.59. The van der Waals surface area contributed by atoms with E-state index < -0.39 is 10.7 Å². The lowest BCUT2D eigenvalue weighted by molar-refractivity contribution is -0.384. The van der Waals surface area contributed by atoms with Gasteiger partial charge < -0.3 is 9.47 Å². The predicted molar refractivity (Wildman–Crippen MR) is 67.1 cm³/mol. The monoisotopic (exact) mass is 249 g/mol. The van der Waals surface area contributed by atoms with Gasteiger partial charge in [-0.15, -0.1) is 0 Å². The maximum absolute atomic E-state index is 10.5. The van der Waals surface area contributed by atoms with Crippen LogP contribution >= 0.6 is 0 Å². The van der Waals surface area contributed by atoms with Crippen LogP contribution < -0.4 is 0 Å². The van der Waals surface area contributed by atoms with E-state index in [1.165, 1.54) is 12.1 Å². The number of nitro groups is 1. The van der Waals surface area contributed by atoms with Crippen molar-refractivity contribution in [3.05, 3.63) is 46.0 Å². The third-order valence-corrected chi connectivity index (χ3v) is 2.80. The minimum Gasteiger partial charge on any atom is -0.348 e. The van der Waals surface area contributed by atoms with E-state index in [9.17, 15) is 10.1 Å². The van der Waals surface area contributed by atoms with Crippen LogP contribution in [0.5, 0.6) is 0 Å². The molecule has 1 aromatic carbocycles. The van der Waals surface area contributed by atoms with Crippen LogP contribution in [0.15, 0.2) is 30.3 Å². The molecule has 0 saturated carbocycles. The summed E-state index contributed by atoms with van der Waals surface area (Å²) in [5, 5.41) is 10.5. The standard InChI is InChI=1S/C13H15NO4/c1-13(17-9-10-18-13)8-2-3-11-4-6-12(7-5-11)14(15)16/h2-7H,8-10H2,1H3/b3-2+. The Bertz CT molecular complexity index is 447. The van der Waals surface area contributed by atoms with Gasteiger partial charge in [-0.1, -0.05) is 12.2 Å². The molecule has 1 saturated heterocycles. The lowest BCUT2D eigenvalue weighted by Crippen LogP contribution is -2.24. The van der Waals surface area contributed by atoms with Crippen molar-refractivity contribution >= 4 is 11.8 Å². The van der Waals surface area contributed by atoms with E-state index in [1.807, 2.05) is 19.1 Å². The molecule has 1 heterocycles. The Hall–Kier alpha value is -1.72. The van der Waals surface area contributed by atoms with Crippen molar-refractivity contribution in [3.63, 3.8) is 0 Å². The van der Waals surface area contributed by atoms with Crippen LogP contribution in [-0.2, 0) is 9.47 Å². The summed E-state index contributed by atoms with van der Waals surface area (Å²) >= 11 is 0. The van der Waals surface area contributed by atoms with Gasteiger partial charge in [-0.05, 0) is 24.6 Å². The second kappa shape index (κ2) is 5.29. The van der Waals surface area contributed by atoms with Gasteiger partial charge in [-0.25, -0.2) is 0 Å². The first-order valence-electron chi connectivity index (χ1n) is 5.78. The van der Waals surface area contributed by atoms with Crippen molar-refractivity contribution in [1.82, 2.24) is 0 Å². The number of benzene rings is 1. The molecule has 0 amide bonds. The molecular weight excluding hydrogens is 234 g/mol. The molecule has 0 aromatic heterocycles. The molecule has 0 radical (unpaired) electrons. The normalized spacial score (nSPS) is 18.3. The zero-order valence-corrected chi connectivity index (χ0v) is 10.2. The molecule has 0 unspecified atom stereocenters. The Morgan fingerprint density at radius 3 is 2.50 bits per heavy atom. The van der Waals surface area contributed by atoms with Gasteiger partial charge in [0.25, 0.3) is 5.69 Å². The number of nitrogens with zero attached hydrogens (tertiary/aromatic N) is 1. The molecule has 0 spiro atoms. The first kappa shape index (κ1) is 12.7. The fraction of sp³-hybridized carbons (Fsp3) is 0.385. The summed E-state index contributed by atoms with van der Waals surface area (Å²) in [5.41, 5.74) is 1.02. The van der Waals surface area contributed by atoms with E-state index in [2.05, 4.69) is 0 Å². The summed E-state index contributed by atoms with van der Waals surface area (Å²) in [6.07, 6.45) is 4.51. The van der Waals surface area contributed by atoms with Crippen LogP contribution in [0.1, 0.15) is 18.9 Å². The average molecular weight is 249 g/mol. The summed E-state index contributed by atoms with van der Waals surface area (Å²) < 4.78 is 10.9.